The summed E-state index contributed by atoms with van der Waals surface area (Å²) in [6.45, 7) is 3.62. The van der Waals surface area contributed by atoms with Gasteiger partial charge in [0.15, 0.2) is 0 Å². The second-order valence-electron chi connectivity index (χ2n) is 9.01. The number of aromatic nitrogens is 3. The van der Waals surface area contributed by atoms with Crippen molar-refractivity contribution in [2.75, 3.05) is 19.6 Å². The molecule has 5 rings (SSSR count). The van der Waals surface area contributed by atoms with E-state index >= 15 is 0 Å². The van der Waals surface area contributed by atoms with Crippen LogP contribution in [0.5, 0.6) is 0 Å². The predicted octanol–water partition coefficient (Wildman–Crippen LogP) is 2.67. The molecule has 1 aromatic carbocycles. The molecule has 1 amide bonds. The maximum absolute atomic E-state index is 12.8. The van der Waals surface area contributed by atoms with E-state index in [1.54, 1.807) is 6.20 Å². The molecule has 3 aromatic rings. The zero-order valence-corrected chi connectivity index (χ0v) is 18.7. The molecule has 0 unspecified atom stereocenters. The Bertz CT molecular complexity index is 1160. The van der Waals surface area contributed by atoms with Gasteiger partial charge in [0.05, 0.1) is 5.69 Å². The average Bonchev–Trinajstić information content (AvgIpc) is 3.34. The number of hydrogen-bond donors (Lipinski definition) is 1. The first-order chi connectivity index (χ1) is 16.2. The molecule has 2 aliphatic heterocycles. The van der Waals surface area contributed by atoms with Gasteiger partial charge in [-0.15, -0.1) is 0 Å². The second kappa shape index (κ2) is 9.67. The fourth-order valence-corrected chi connectivity index (χ4v) is 4.86. The zero-order valence-electron chi connectivity index (χ0n) is 18.7. The number of nitrogens with zero attached hydrogens (tertiary/aromatic N) is 4. The lowest BCUT2D eigenvalue weighted by Gasteiger charge is -2.28. The van der Waals surface area contributed by atoms with Crippen LogP contribution in [0.25, 0.3) is 0 Å². The molecular weight excluding hydrogens is 414 g/mol. The number of H-pyrrole nitrogens is 1. The van der Waals surface area contributed by atoms with Crippen molar-refractivity contribution in [3.05, 3.63) is 93.4 Å². The van der Waals surface area contributed by atoms with Crippen LogP contribution in [0.3, 0.4) is 0 Å². The maximum Gasteiger partial charge on any atom is 0.254 e. The molecule has 7 heteroatoms. The van der Waals surface area contributed by atoms with Gasteiger partial charge in [-0.1, -0.05) is 36.4 Å². The Balaban J connectivity index is 1.23. The number of aryl methyl sites for hydroxylation is 1. The van der Waals surface area contributed by atoms with Crippen LogP contribution in [0.4, 0.5) is 0 Å². The average molecular weight is 444 g/mol. The quantitative estimate of drug-likeness (QED) is 0.633. The van der Waals surface area contributed by atoms with E-state index in [9.17, 15) is 9.59 Å². The molecule has 0 aliphatic carbocycles. The molecule has 7 nitrogen and oxygen atoms in total. The number of pyridine rings is 1. The third-order valence-corrected chi connectivity index (χ3v) is 6.70. The number of nitrogens with one attached hydrogen (secondary N) is 1. The highest BCUT2D eigenvalue weighted by Crippen LogP contribution is 2.26. The Kier molecular flexibility index (Phi) is 6.30. The Morgan fingerprint density at radius 1 is 1.09 bits per heavy atom. The van der Waals surface area contributed by atoms with Crippen molar-refractivity contribution in [3.63, 3.8) is 0 Å². The predicted molar refractivity (Wildman–Crippen MR) is 126 cm³/mol. The van der Waals surface area contributed by atoms with Gasteiger partial charge in [0.1, 0.15) is 5.82 Å². The molecule has 2 aliphatic rings. The summed E-state index contributed by atoms with van der Waals surface area (Å²) in [5.41, 5.74) is 3.99. The molecule has 170 valence electrons. The van der Waals surface area contributed by atoms with E-state index in [1.165, 1.54) is 5.56 Å². The number of rotatable bonds is 6. The van der Waals surface area contributed by atoms with Gasteiger partial charge in [-0.05, 0) is 36.5 Å². The number of carbonyl (C=O) groups is 1. The van der Waals surface area contributed by atoms with E-state index in [4.69, 9.17) is 4.98 Å². The Morgan fingerprint density at radius 3 is 2.76 bits per heavy atom. The Labute approximate surface area is 193 Å². The van der Waals surface area contributed by atoms with Gasteiger partial charge in [0.25, 0.3) is 5.56 Å². The molecule has 2 aromatic heterocycles. The summed E-state index contributed by atoms with van der Waals surface area (Å²) in [5, 5.41) is 0. The van der Waals surface area contributed by atoms with Crippen LogP contribution in [0, 0.1) is 0 Å². The van der Waals surface area contributed by atoms with Crippen molar-refractivity contribution in [1.29, 1.82) is 0 Å². The molecule has 33 heavy (non-hydrogen) atoms. The van der Waals surface area contributed by atoms with Gasteiger partial charge in [-0.2, -0.15) is 0 Å². The largest absolute Gasteiger partial charge is 0.342 e. The number of likely N-dealkylation sites (tertiary alicyclic amines) is 1. The first kappa shape index (κ1) is 21.5. The second-order valence-corrected chi connectivity index (χ2v) is 9.01. The summed E-state index contributed by atoms with van der Waals surface area (Å²) in [6, 6.07) is 14.1. The highest BCUT2D eigenvalue weighted by molar-refractivity contribution is 5.76. The maximum atomic E-state index is 12.8. The van der Waals surface area contributed by atoms with Gasteiger partial charge >= 0.3 is 0 Å². The number of hydrogen-bond acceptors (Lipinski definition) is 5. The van der Waals surface area contributed by atoms with Crippen LogP contribution in [-0.2, 0) is 30.7 Å². The topological polar surface area (TPSA) is 82.2 Å². The third-order valence-electron chi connectivity index (χ3n) is 6.70. The van der Waals surface area contributed by atoms with Crippen molar-refractivity contribution in [3.8, 4) is 0 Å². The van der Waals surface area contributed by atoms with Gasteiger partial charge in [-0.3, -0.25) is 19.5 Å². The highest BCUT2D eigenvalue weighted by Gasteiger charge is 2.30. The molecule has 4 heterocycles. The minimum atomic E-state index is -0.0233. The molecule has 0 spiro atoms. The summed E-state index contributed by atoms with van der Waals surface area (Å²) in [4.78, 5) is 41.8. The van der Waals surface area contributed by atoms with Gasteiger partial charge in [-0.25, -0.2) is 4.98 Å². The van der Waals surface area contributed by atoms with Crippen LogP contribution >= 0.6 is 0 Å². The lowest BCUT2D eigenvalue weighted by Crippen LogP contribution is -2.36. The summed E-state index contributed by atoms with van der Waals surface area (Å²) in [7, 11) is 0. The number of carbonyl (C=O) groups excluding carboxylic acids is 1. The monoisotopic (exact) mass is 443 g/mol. The molecule has 0 bridgehead atoms. The molecule has 1 N–H and O–H groups in total. The summed E-state index contributed by atoms with van der Waals surface area (Å²) in [5.74, 6) is 0.974. The molecule has 1 fully saturated rings. The van der Waals surface area contributed by atoms with Crippen molar-refractivity contribution in [2.24, 2.45) is 0 Å². The Hall–Kier alpha value is -3.32. The van der Waals surface area contributed by atoms with Crippen molar-refractivity contribution >= 4 is 5.91 Å². The zero-order chi connectivity index (χ0) is 22.6. The standard InChI is InChI=1S/C26H29N5O2/c32-24(9-8-19-5-2-1-3-6-19)31-14-10-21(17-31)25-28-23-18-30(13-11-22(23)26(33)29-25)16-20-7-4-12-27-15-20/h1-7,12,15,21H,8-11,13-14,16-18H2,(H,28,29,33)/t21-/m0/s1. The van der Waals surface area contributed by atoms with Crippen molar-refractivity contribution in [2.45, 2.75) is 44.7 Å². The van der Waals surface area contributed by atoms with E-state index in [2.05, 4.69) is 33.1 Å². The highest BCUT2D eigenvalue weighted by atomic mass is 16.2. The summed E-state index contributed by atoms with van der Waals surface area (Å²) in [6.07, 6.45) is 6.45. The van der Waals surface area contributed by atoms with E-state index in [-0.39, 0.29) is 17.4 Å². The normalized spacial score (nSPS) is 18.3. The first-order valence-corrected chi connectivity index (χ1v) is 11.7. The minimum absolute atomic E-state index is 0.0233. The van der Waals surface area contributed by atoms with Gasteiger partial charge in [0, 0.05) is 63.0 Å². The lowest BCUT2D eigenvalue weighted by atomic mass is 10.0. The molecule has 1 saturated heterocycles. The van der Waals surface area contributed by atoms with Gasteiger partial charge < -0.3 is 9.88 Å². The number of fused-ring (bicyclic) bond motifs is 1. The van der Waals surface area contributed by atoms with E-state index < -0.39 is 0 Å². The molecule has 0 radical (unpaired) electrons. The van der Waals surface area contributed by atoms with Crippen LogP contribution in [0.2, 0.25) is 0 Å². The van der Waals surface area contributed by atoms with Crippen LogP contribution in [-0.4, -0.2) is 50.3 Å². The summed E-state index contributed by atoms with van der Waals surface area (Å²) >= 11 is 0. The minimum Gasteiger partial charge on any atom is -0.342 e. The smallest absolute Gasteiger partial charge is 0.254 e. The van der Waals surface area contributed by atoms with E-state index in [0.29, 0.717) is 32.5 Å². The Morgan fingerprint density at radius 2 is 1.94 bits per heavy atom. The third kappa shape index (κ3) is 5.03. The van der Waals surface area contributed by atoms with Crippen LogP contribution in [0.15, 0.2) is 59.7 Å². The van der Waals surface area contributed by atoms with Crippen LogP contribution in [0.1, 0.15) is 47.0 Å². The number of benzene rings is 1. The SMILES string of the molecule is O=C(CCc1ccccc1)N1CC[C@H](c2nc3c(c(=O)[nH]2)CCN(Cc2cccnc2)C3)C1. The van der Waals surface area contributed by atoms with Crippen LogP contribution < -0.4 is 5.56 Å². The number of amides is 1. The lowest BCUT2D eigenvalue weighted by molar-refractivity contribution is -0.130. The van der Waals surface area contributed by atoms with Gasteiger partial charge in [0.2, 0.25) is 5.91 Å². The fraction of sp³-hybridized carbons (Fsp3) is 0.385. The molecule has 0 saturated carbocycles. The molecular formula is C26H29N5O2. The number of aromatic amines is 1. The van der Waals surface area contributed by atoms with Crippen molar-refractivity contribution < 1.29 is 4.79 Å². The van der Waals surface area contributed by atoms with Crippen molar-refractivity contribution in [1.82, 2.24) is 24.8 Å². The van der Waals surface area contributed by atoms with E-state index in [0.717, 1.165) is 48.6 Å². The van der Waals surface area contributed by atoms with E-state index in [1.807, 2.05) is 35.4 Å². The first-order valence-electron chi connectivity index (χ1n) is 11.7. The molecule has 1 atom stereocenters. The summed E-state index contributed by atoms with van der Waals surface area (Å²) < 4.78 is 0. The fourth-order valence-electron chi connectivity index (χ4n) is 4.86.